The topological polar surface area (TPSA) is 484 Å². The Morgan fingerprint density at radius 2 is 0.779 bits per heavy atom. The Morgan fingerprint density at radius 3 is 1.15 bits per heavy atom. The van der Waals surface area contributed by atoms with Crippen molar-refractivity contribution in [1.82, 2.24) is 25.8 Å². The molecule has 0 aromatic heterocycles. The highest BCUT2D eigenvalue weighted by Gasteiger charge is 2.58. The van der Waals surface area contributed by atoms with Crippen LogP contribution in [0.5, 0.6) is 0 Å². The highest BCUT2D eigenvalue weighted by Crippen LogP contribution is 2.40. The third kappa shape index (κ3) is 27.8. The van der Waals surface area contributed by atoms with Gasteiger partial charge in [0.15, 0.2) is 0 Å². The Hall–Kier alpha value is -10.3. The van der Waals surface area contributed by atoms with Gasteiger partial charge in [-0.05, 0) is 133 Å². The number of aryl methyl sites for hydroxylation is 5. The van der Waals surface area contributed by atoms with Crippen LogP contribution in [-0.2, 0) is 139 Å². The first-order valence-corrected chi connectivity index (χ1v) is 50.7. The summed E-state index contributed by atoms with van der Waals surface area (Å²) in [5, 5.41) is 38.3. The largest absolute Gasteiger partial charge is 0.445 e. The number of hydrogen-bond acceptors (Lipinski definition) is 33. The van der Waals surface area contributed by atoms with Crippen molar-refractivity contribution in [3.05, 3.63) is 269 Å². The minimum Gasteiger partial charge on any atom is -0.445 e. The number of rotatable bonds is 27. The zero-order chi connectivity index (χ0) is 97.4. The quantitative estimate of drug-likeness (QED) is 0.0122. The number of epoxide rings is 1. The highest BCUT2D eigenvalue weighted by atomic mass is 32.2. The van der Waals surface area contributed by atoms with Crippen molar-refractivity contribution < 1.29 is 145 Å². The maximum absolute atomic E-state index is 12.7. The van der Waals surface area contributed by atoms with Crippen molar-refractivity contribution in [2.45, 2.75) is 215 Å². The second-order valence-electron chi connectivity index (χ2n) is 34.4. The maximum atomic E-state index is 12.7. The Bertz CT molecular complexity index is 5990. The lowest BCUT2D eigenvalue weighted by atomic mass is 10.1. The molecule has 37 nitrogen and oxygen atoms in total. The number of nitrogens with zero attached hydrogens (tertiary/aromatic N) is 2. The van der Waals surface area contributed by atoms with E-state index in [0.29, 0.717) is 19.8 Å². The van der Waals surface area contributed by atoms with E-state index in [9.17, 15) is 76.6 Å². The summed E-state index contributed by atoms with van der Waals surface area (Å²) in [6.45, 7) is 15.8. The highest BCUT2D eigenvalue weighted by molar-refractivity contribution is 7.87. The summed E-state index contributed by atoms with van der Waals surface area (Å²) in [6, 6.07) is 57.7. The van der Waals surface area contributed by atoms with E-state index < -0.39 is 172 Å². The lowest BCUT2D eigenvalue weighted by molar-refractivity contribution is -0.0347. The molecule has 17 rings (SSSR count). The predicted octanol–water partition coefficient (Wildman–Crippen LogP) is 8.21. The first kappa shape index (κ1) is 103. The van der Waals surface area contributed by atoms with Gasteiger partial charge in [0.25, 0.3) is 50.6 Å². The van der Waals surface area contributed by atoms with E-state index in [1.54, 1.807) is 93.6 Å². The number of alkyl carbamates (subject to hydrolysis) is 2. The molecule has 0 spiro atoms. The van der Waals surface area contributed by atoms with E-state index in [1.165, 1.54) is 70.5 Å². The Labute approximate surface area is 790 Å². The molecule has 9 heterocycles. The van der Waals surface area contributed by atoms with Gasteiger partial charge < -0.3 is 78.6 Å². The summed E-state index contributed by atoms with van der Waals surface area (Å²) < 4.78 is 207. The molecule has 0 aliphatic carbocycles. The summed E-state index contributed by atoms with van der Waals surface area (Å²) in [4.78, 5) is 52.1. The normalized spacial score (nSPS) is 25.0. The third-order valence-corrected chi connectivity index (χ3v) is 29.5. The zero-order valence-corrected chi connectivity index (χ0v) is 79.6. The van der Waals surface area contributed by atoms with E-state index in [-0.39, 0.29) is 109 Å². The number of nitrogens with one attached hydrogen (secondary N) is 3. The van der Waals surface area contributed by atoms with Crippen LogP contribution in [-0.4, -0.2) is 273 Å². The number of aliphatic hydroxyl groups is 3. The maximum Gasteiger partial charge on any atom is 0.410 e. The molecule has 136 heavy (non-hydrogen) atoms. The Kier molecular flexibility index (Phi) is 34.5. The second kappa shape index (κ2) is 45.6. The molecular formula is C94H111N5O32S5. The van der Waals surface area contributed by atoms with Crippen LogP contribution < -0.4 is 16.0 Å². The number of benzene rings is 8. The smallest absolute Gasteiger partial charge is 0.410 e. The number of carbonyl (C=O) groups excluding carboxylic acids is 4. The molecule has 0 unspecified atom stereocenters. The average molecular weight is 1980 g/mol. The van der Waals surface area contributed by atoms with Gasteiger partial charge in [-0.3, -0.25) is 30.7 Å². The van der Waals surface area contributed by atoms with Crippen molar-refractivity contribution in [2.75, 3.05) is 65.8 Å². The number of fused-ring (bicyclic) bond motifs is 4. The van der Waals surface area contributed by atoms with Crippen LogP contribution >= 0.6 is 0 Å². The minimum atomic E-state index is -4.06. The standard InChI is InChI=1S/2C21H23NO7S.C21H23NO6S.C18H25NO7S.C13H17NO5S/c1-14-7-9-16(10-8-14)30(25,26)29-18-11-22(19-17(23)13-27-20(18)19)21(24)28-12-15-5-3-2-4-6-15;1-14-7-9-16(10-8-14)30(24,25)29-17(19-20-18(28-20)13-26-19)11-22-21(23)27-12-15-5-3-2-4-6-15;1-16-9-11-18(12-10-16)29(24,25)28-20(19-8-5-13-26-19)14-22-21(23)27-15-17-6-3-2-4-7-17;1-11-5-7-12(8-6-11)27(22,23)26-14-9-19(17(21)25-18(2,3)4)15-13(20)10-24-16(14)15;1-8-2-4-9(5-3-8)20(16,17)19-11-6-14-12-10(15)7-18-13(11)12/h2-10,17-20,23H,11-13H2,1H3;2-10,17-20H,11-13H2,1H3,(H,22,23);2-12,19-20H,13-15H2,1H3,(H,22,23);5-8,13-16,20H,9-10H2,1-4H3;2-5,10-15H,6-7H2,1H3/t17-,18+,19+,20+;17-,18+,19-,20+;19-,20+;13-,14+,15+,16+;10-,11+,12+,13+/m01000/s1. The fourth-order valence-corrected chi connectivity index (χ4v) is 21.1. The van der Waals surface area contributed by atoms with Crippen molar-refractivity contribution >= 4 is 75.0 Å². The molecule has 8 saturated heterocycles. The van der Waals surface area contributed by atoms with Gasteiger partial charge in [-0.1, -0.05) is 192 Å². The first-order chi connectivity index (χ1) is 64.7. The Morgan fingerprint density at radius 1 is 0.419 bits per heavy atom. The molecule has 8 fully saturated rings. The van der Waals surface area contributed by atoms with Gasteiger partial charge in [0.1, 0.15) is 111 Å². The number of amides is 4. The number of hydrogen-bond donors (Lipinski definition) is 6. The molecule has 9 aliphatic rings. The fourth-order valence-electron chi connectivity index (χ4n) is 15.7. The number of likely N-dealkylation sites (tertiary alicyclic amines) is 2. The molecule has 42 heteroatoms. The summed E-state index contributed by atoms with van der Waals surface area (Å²) in [6.07, 6.45) is -9.39. The molecule has 6 N–H and O–H groups in total. The average Bonchev–Trinajstić information content (AvgIpc) is 1.62. The molecule has 0 saturated carbocycles. The molecule has 734 valence electrons. The first-order valence-electron chi connectivity index (χ1n) is 43.7. The molecule has 8 aromatic carbocycles. The van der Waals surface area contributed by atoms with Crippen LogP contribution in [0.25, 0.3) is 0 Å². The van der Waals surface area contributed by atoms with E-state index >= 15 is 0 Å². The SMILES string of the molecule is Cc1ccc(S(=O)(=O)O[C@@H]2CN(C(=O)OC(C)(C)C)[C@H]3[C@@H]2OC[C@@H]3O)cc1.Cc1ccc(S(=O)(=O)O[C@@H]2CN(C(=O)OCc3ccccc3)[C@H]3[C@@H]2OC[C@@H]3O)cc1.Cc1ccc(S(=O)(=O)O[C@@H]2CN[C@H]3[C@@H]2OC[C@@H]3O)cc1.Cc1ccc(S(=O)(=O)O[C@H](CNC(=O)OCc2ccccc2)[C@@H]2C=CCO2)cc1.Cc1ccc(S(=O)(=O)O[C@H](CNC(=O)OCc2ccccc2)[C@H]2OC[C@@H]3O[C@H]23)cc1. The molecule has 8 aromatic rings. The van der Waals surface area contributed by atoms with Gasteiger partial charge in [0.05, 0.1) is 108 Å². The van der Waals surface area contributed by atoms with Crippen LogP contribution in [0.2, 0.25) is 0 Å². The van der Waals surface area contributed by atoms with Gasteiger partial charge >= 0.3 is 24.4 Å². The van der Waals surface area contributed by atoms with Crippen molar-refractivity contribution in [3.63, 3.8) is 0 Å². The second-order valence-corrected chi connectivity index (χ2v) is 42.3. The van der Waals surface area contributed by atoms with Gasteiger partial charge in [0.2, 0.25) is 0 Å². The van der Waals surface area contributed by atoms with Gasteiger partial charge in [-0.2, -0.15) is 42.1 Å². The predicted molar refractivity (Wildman–Crippen MR) is 486 cm³/mol. The Balaban J connectivity index is 0.000000145. The number of carbonyl (C=O) groups is 4. The number of aliphatic hydroxyl groups excluding tert-OH is 3. The van der Waals surface area contributed by atoms with Crippen molar-refractivity contribution in [2.24, 2.45) is 0 Å². The molecule has 18 atom stereocenters. The van der Waals surface area contributed by atoms with Crippen molar-refractivity contribution in [1.29, 1.82) is 0 Å². The number of ether oxygens (including phenoxy) is 10. The molecular weight excluding hydrogens is 1870 g/mol. The van der Waals surface area contributed by atoms with E-state index in [4.69, 9.17) is 68.3 Å². The van der Waals surface area contributed by atoms with E-state index in [1.807, 2.05) is 126 Å². The van der Waals surface area contributed by atoms with Gasteiger partial charge in [0, 0.05) is 6.54 Å². The summed E-state index contributed by atoms with van der Waals surface area (Å²) >= 11 is 0. The summed E-state index contributed by atoms with van der Waals surface area (Å²) in [7, 11) is -20.0. The lowest BCUT2D eigenvalue weighted by Gasteiger charge is -2.28. The van der Waals surface area contributed by atoms with Crippen LogP contribution in [0.3, 0.4) is 0 Å². The third-order valence-electron chi connectivity index (χ3n) is 22.8. The summed E-state index contributed by atoms with van der Waals surface area (Å²) in [5.41, 5.74) is 6.48. The lowest BCUT2D eigenvalue weighted by Crippen LogP contribution is -2.46. The van der Waals surface area contributed by atoms with Crippen LogP contribution in [0, 0.1) is 34.6 Å². The minimum absolute atomic E-state index is 0.000922. The molecule has 0 radical (unpaired) electrons. The molecule has 4 amide bonds. The monoisotopic (exact) mass is 1980 g/mol. The fraction of sp³-hybridized carbons (Fsp3) is 0.426. The van der Waals surface area contributed by atoms with Crippen LogP contribution in [0.1, 0.15) is 65.3 Å². The zero-order valence-electron chi connectivity index (χ0n) is 75.6. The van der Waals surface area contributed by atoms with Gasteiger partial charge in [-0.15, -0.1) is 0 Å². The molecule has 9 aliphatic heterocycles. The molecule has 0 bridgehead atoms. The van der Waals surface area contributed by atoms with E-state index in [2.05, 4.69) is 16.0 Å². The van der Waals surface area contributed by atoms with Crippen LogP contribution in [0.4, 0.5) is 19.2 Å². The van der Waals surface area contributed by atoms with Crippen molar-refractivity contribution in [3.8, 4) is 0 Å². The van der Waals surface area contributed by atoms with Crippen LogP contribution in [0.15, 0.2) is 249 Å². The van der Waals surface area contributed by atoms with E-state index in [0.717, 1.165) is 44.5 Å². The summed E-state index contributed by atoms with van der Waals surface area (Å²) in [5.74, 6) is 0. The van der Waals surface area contributed by atoms with Gasteiger partial charge in [-0.25, -0.2) is 19.2 Å².